The smallest absolute Gasteiger partial charge is 0.269 e. The molecule has 1 aromatic carbocycles. The van der Waals surface area contributed by atoms with Crippen molar-refractivity contribution in [3.63, 3.8) is 0 Å². The van der Waals surface area contributed by atoms with E-state index in [1.165, 1.54) is 24.3 Å². The van der Waals surface area contributed by atoms with Gasteiger partial charge in [0.2, 0.25) is 5.78 Å². The SMILES string of the molecule is CN1CCN=C1C(=O)c1ccc([N+](=O)[O-])cc1. The van der Waals surface area contributed by atoms with Crippen LogP contribution in [-0.4, -0.2) is 41.6 Å². The Morgan fingerprint density at radius 2 is 2.06 bits per heavy atom. The fourth-order valence-corrected chi connectivity index (χ4v) is 1.64. The Labute approximate surface area is 97.7 Å². The number of non-ortho nitro benzene ring substituents is 1. The molecule has 1 aliphatic heterocycles. The lowest BCUT2D eigenvalue weighted by molar-refractivity contribution is -0.384. The van der Waals surface area contributed by atoms with Gasteiger partial charge in [-0.1, -0.05) is 0 Å². The first kappa shape index (κ1) is 11.3. The zero-order valence-electron chi connectivity index (χ0n) is 9.29. The van der Waals surface area contributed by atoms with Crippen LogP contribution in [0, 0.1) is 10.1 Å². The lowest BCUT2D eigenvalue weighted by Crippen LogP contribution is -2.29. The maximum atomic E-state index is 12.0. The van der Waals surface area contributed by atoms with Gasteiger partial charge in [-0.3, -0.25) is 19.9 Å². The number of nitrogens with zero attached hydrogens (tertiary/aromatic N) is 3. The highest BCUT2D eigenvalue weighted by molar-refractivity contribution is 6.45. The number of Topliss-reactive ketones (excluding diaryl/α,β-unsaturated/α-hetero) is 1. The first-order chi connectivity index (χ1) is 8.09. The van der Waals surface area contributed by atoms with E-state index in [0.29, 0.717) is 17.9 Å². The molecule has 0 saturated heterocycles. The normalized spacial score (nSPS) is 14.6. The molecule has 1 aromatic rings. The number of carbonyl (C=O) groups excluding carboxylic acids is 1. The minimum atomic E-state index is -0.493. The first-order valence-electron chi connectivity index (χ1n) is 5.14. The summed E-state index contributed by atoms with van der Waals surface area (Å²) in [5, 5.41) is 10.5. The topological polar surface area (TPSA) is 75.8 Å². The second-order valence-electron chi connectivity index (χ2n) is 3.76. The molecule has 17 heavy (non-hydrogen) atoms. The Kier molecular flexibility index (Phi) is 2.86. The van der Waals surface area contributed by atoms with Crippen LogP contribution in [0.3, 0.4) is 0 Å². The van der Waals surface area contributed by atoms with Gasteiger partial charge in [0.05, 0.1) is 11.5 Å². The Balaban J connectivity index is 2.23. The van der Waals surface area contributed by atoms with E-state index in [1.54, 1.807) is 11.9 Å². The van der Waals surface area contributed by atoms with E-state index in [9.17, 15) is 14.9 Å². The van der Waals surface area contributed by atoms with Crippen molar-refractivity contribution in [3.8, 4) is 0 Å². The molecule has 2 rings (SSSR count). The Bertz CT molecular complexity index is 493. The summed E-state index contributed by atoms with van der Waals surface area (Å²) in [5.74, 6) is 0.221. The highest BCUT2D eigenvalue weighted by Crippen LogP contribution is 2.14. The van der Waals surface area contributed by atoms with Crippen LogP contribution in [0.5, 0.6) is 0 Å². The molecule has 6 heteroatoms. The van der Waals surface area contributed by atoms with Crippen LogP contribution in [-0.2, 0) is 0 Å². The predicted octanol–water partition coefficient (Wildman–Crippen LogP) is 1.12. The Morgan fingerprint density at radius 1 is 1.41 bits per heavy atom. The van der Waals surface area contributed by atoms with Gasteiger partial charge < -0.3 is 4.90 Å². The monoisotopic (exact) mass is 233 g/mol. The van der Waals surface area contributed by atoms with E-state index in [1.807, 2.05) is 0 Å². The molecule has 1 aliphatic rings. The van der Waals surface area contributed by atoms with Crippen LogP contribution in [0.2, 0.25) is 0 Å². The Morgan fingerprint density at radius 3 is 2.53 bits per heavy atom. The Hall–Kier alpha value is -2.24. The quantitative estimate of drug-likeness (QED) is 0.445. The maximum Gasteiger partial charge on any atom is 0.269 e. The van der Waals surface area contributed by atoms with Gasteiger partial charge >= 0.3 is 0 Å². The molecule has 6 nitrogen and oxygen atoms in total. The number of hydrogen-bond donors (Lipinski definition) is 0. The van der Waals surface area contributed by atoms with Crippen molar-refractivity contribution in [1.29, 1.82) is 0 Å². The summed E-state index contributed by atoms with van der Waals surface area (Å²) in [6.07, 6.45) is 0. The zero-order chi connectivity index (χ0) is 12.4. The molecule has 0 bridgehead atoms. The number of rotatable bonds is 3. The minimum Gasteiger partial charge on any atom is -0.355 e. The fourth-order valence-electron chi connectivity index (χ4n) is 1.64. The number of nitro benzene ring substituents is 1. The highest BCUT2D eigenvalue weighted by atomic mass is 16.6. The minimum absolute atomic E-state index is 0.0248. The van der Waals surface area contributed by atoms with E-state index in [-0.39, 0.29) is 11.5 Å². The molecule has 0 unspecified atom stereocenters. The standard InChI is InChI=1S/C11H11N3O3/c1-13-7-6-12-11(13)10(15)8-2-4-9(5-3-8)14(16)17/h2-5H,6-7H2,1H3. The van der Waals surface area contributed by atoms with Crippen LogP contribution < -0.4 is 0 Å². The summed E-state index contributed by atoms with van der Waals surface area (Å²) in [7, 11) is 1.80. The molecule has 0 saturated carbocycles. The molecule has 0 N–H and O–H groups in total. The summed E-state index contributed by atoms with van der Waals surface area (Å²) >= 11 is 0. The maximum absolute atomic E-state index is 12.0. The average molecular weight is 233 g/mol. The van der Waals surface area contributed by atoms with Gasteiger partial charge in [0.1, 0.15) is 0 Å². The van der Waals surface area contributed by atoms with Crippen LogP contribution in [0.25, 0.3) is 0 Å². The number of ketones is 1. The molecule has 0 aliphatic carbocycles. The third-order valence-electron chi connectivity index (χ3n) is 2.60. The molecule has 0 radical (unpaired) electrons. The highest BCUT2D eigenvalue weighted by Gasteiger charge is 2.22. The van der Waals surface area contributed by atoms with Crippen LogP contribution in [0.4, 0.5) is 5.69 Å². The summed E-state index contributed by atoms with van der Waals surface area (Å²) in [6.45, 7) is 1.35. The van der Waals surface area contributed by atoms with E-state index in [4.69, 9.17) is 0 Å². The van der Waals surface area contributed by atoms with E-state index < -0.39 is 4.92 Å². The van der Waals surface area contributed by atoms with Crippen molar-refractivity contribution in [1.82, 2.24) is 4.90 Å². The summed E-state index contributed by atoms with van der Waals surface area (Å²) < 4.78 is 0. The third kappa shape index (κ3) is 2.15. The van der Waals surface area contributed by atoms with Crippen LogP contribution >= 0.6 is 0 Å². The van der Waals surface area contributed by atoms with Gasteiger partial charge in [-0.15, -0.1) is 0 Å². The first-order valence-corrected chi connectivity index (χ1v) is 5.14. The number of nitro groups is 1. The van der Waals surface area contributed by atoms with Gasteiger partial charge in [-0.05, 0) is 12.1 Å². The number of benzene rings is 1. The number of likely N-dealkylation sites (N-methyl/N-ethyl adjacent to an activating group) is 1. The van der Waals surface area contributed by atoms with Crippen molar-refractivity contribution in [2.45, 2.75) is 0 Å². The second kappa shape index (κ2) is 4.32. The van der Waals surface area contributed by atoms with Crippen LogP contribution in [0.1, 0.15) is 10.4 Å². The number of hydrogen-bond acceptors (Lipinski definition) is 5. The number of aliphatic imine (C=N–C) groups is 1. The van der Waals surface area contributed by atoms with E-state index in [2.05, 4.69) is 4.99 Å². The van der Waals surface area contributed by atoms with E-state index in [0.717, 1.165) is 6.54 Å². The van der Waals surface area contributed by atoms with Crippen molar-refractivity contribution < 1.29 is 9.72 Å². The van der Waals surface area contributed by atoms with Gasteiger partial charge in [0.15, 0.2) is 5.84 Å². The van der Waals surface area contributed by atoms with Gasteiger partial charge in [-0.25, -0.2) is 0 Å². The summed E-state index contributed by atoms with van der Waals surface area (Å²) in [5.41, 5.74) is 0.395. The average Bonchev–Trinajstić information content (AvgIpc) is 2.74. The van der Waals surface area contributed by atoms with Crippen LogP contribution in [0.15, 0.2) is 29.3 Å². The lowest BCUT2D eigenvalue weighted by atomic mass is 10.1. The molecular formula is C11H11N3O3. The van der Waals surface area contributed by atoms with E-state index >= 15 is 0 Å². The van der Waals surface area contributed by atoms with Crippen molar-refractivity contribution in [2.24, 2.45) is 4.99 Å². The molecular weight excluding hydrogens is 222 g/mol. The van der Waals surface area contributed by atoms with Gasteiger partial charge in [0.25, 0.3) is 5.69 Å². The fraction of sp³-hybridized carbons (Fsp3) is 0.273. The number of carbonyl (C=O) groups is 1. The molecule has 88 valence electrons. The third-order valence-corrected chi connectivity index (χ3v) is 2.60. The molecule has 0 spiro atoms. The lowest BCUT2D eigenvalue weighted by Gasteiger charge is -2.11. The van der Waals surface area contributed by atoms with Gasteiger partial charge in [-0.2, -0.15) is 0 Å². The second-order valence-corrected chi connectivity index (χ2v) is 3.76. The molecule has 0 aromatic heterocycles. The predicted molar refractivity (Wildman–Crippen MR) is 62.4 cm³/mol. The molecule has 0 fully saturated rings. The van der Waals surface area contributed by atoms with Crippen molar-refractivity contribution in [2.75, 3.05) is 20.1 Å². The molecule has 0 amide bonds. The molecule has 1 heterocycles. The molecule has 0 atom stereocenters. The van der Waals surface area contributed by atoms with Gasteiger partial charge in [0, 0.05) is 31.3 Å². The largest absolute Gasteiger partial charge is 0.355 e. The summed E-state index contributed by atoms with van der Waals surface area (Å²) in [6, 6.07) is 5.55. The summed E-state index contributed by atoms with van der Waals surface area (Å²) in [4.78, 5) is 27.9. The van der Waals surface area contributed by atoms with Crippen molar-refractivity contribution >= 4 is 17.3 Å². The number of amidine groups is 1. The zero-order valence-corrected chi connectivity index (χ0v) is 9.29. The van der Waals surface area contributed by atoms with Crippen molar-refractivity contribution in [3.05, 3.63) is 39.9 Å².